The summed E-state index contributed by atoms with van der Waals surface area (Å²) in [6.45, 7) is 5.26. The lowest BCUT2D eigenvalue weighted by molar-refractivity contribution is 0.0637. The van der Waals surface area contributed by atoms with Gasteiger partial charge in [0.2, 0.25) is 5.95 Å². The van der Waals surface area contributed by atoms with E-state index in [1.165, 1.54) is 0 Å². The predicted octanol–water partition coefficient (Wildman–Crippen LogP) is 2.72. The first-order chi connectivity index (χ1) is 14.9. The topological polar surface area (TPSA) is 108 Å². The molecule has 8 heteroatoms. The lowest BCUT2D eigenvalue weighted by Gasteiger charge is -2.37. The van der Waals surface area contributed by atoms with E-state index >= 15 is 0 Å². The van der Waals surface area contributed by atoms with Gasteiger partial charge in [-0.1, -0.05) is 0 Å². The highest BCUT2D eigenvalue weighted by molar-refractivity contribution is 5.95. The largest absolute Gasteiger partial charge is 0.339 e. The van der Waals surface area contributed by atoms with Crippen molar-refractivity contribution in [2.45, 2.75) is 64.7 Å². The lowest BCUT2D eigenvalue weighted by Crippen LogP contribution is -2.42. The normalized spacial score (nSPS) is 19.3. The van der Waals surface area contributed by atoms with Gasteiger partial charge in [0.1, 0.15) is 0 Å². The quantitative estimate of drug-likeness (QED) is 0.818. The Morgan fingerprint density at radius 2 is 1.97 bits per heavy atom. The smallest absolute Gasteiger partial charge is 0.257 e. The van der Waals surface area contributed by atoms with Crippen LogP contribution in [0.1, 0.15) is 79.2 Å². The standard InChI is InChI=1S/C23H28N6O2/c1-23(2,13-24)15-8-10-28(11-9-15)21(31)17-12-25-29(19(17)14-6-7-14)22-26-18-5-3-4-16(18)20(30)27-22/h12,14-15H,3-11H2,1-2H3,(H,26,27,30). The second kappa shape index (κ2) is 7.33. The molecule has 0 spiro atoms. The highest BCUT2D eigenvalue weighted by Gasteiger charge is 2.38. The van der Waals surface area contributed by atoms with E-state index in [4.69, 9.17) is 0 Å². The summed E-state index contributed by atoms with van der Waals surface area (Å²) in [6.07, 6.45) is 7.86. The SMILES string of the molecule is CC(C)(C#N)C1CCN(C(=O)c2cnn(-c3nc4c(c(=O)[nH]3)CCC4)c2C2CC2)CC1. The monoisotopic (exact) mass is 420 g/mol. The van der Waals surface area contributed by atoms with Gasteiger partial charge in [-0.3, -0.25) is 14.6 Å². The maximum atomic E-state index is 13.4. The number of amides is 1. The van der Waals surface area contributed by atoms with Crippen LogP contribution in [0.25, 0.3) is 5.95 Å². The van der Waals surface area contributed by atoms with Crippen LogP contribution < -0.4 is 5.56 Å². The molecule has 0 radical (unpaired) electrons. The Labute approximate surface area is 181 Å². The fourth-order valence-electron chi connectivity index (χ4n) is 5.04. The summed E-state index contributed by atoms with van der Waals surface area (Å²) < 4.78 is 1.68. The first-order valence-electron chi connectivity index (χ1n) is 11.3. The van der Waals surface area contributed by atoms with Gasteiger partial charge >= 0.3 is 0 Å². The number of nitrogens with one attached hydrogen (secondary N) is 1. The molecule has 1 amide bonds. The molecule has 31 heavy (non-hydrogen) atoms. The van der Waals surface area contributed by atoms with E-state index in [0.29, 0.717) is 30.5 Å². The number of nitriles is 1. The van der Waals surface area contributed by atoms with Crippen molar-refractivity contribution in [2.75, 3.05) is 13.1 Å². The van der Waals surface area contributed by atoms with Crippen molar-refractivity contribution in [3.05, 3.63) is 39.1 Å². The zero-order valence-electron chi connectivity index (χ0n) is 18.1. The molecular weight excluding hydrogens is 392 g/mol. The molecule has 2 aliphatic carbocycles. The summed E-state index contributed by atoms with van der Waals surface area (Å²) in [5.41, 5.74) is 2.65. The summed E-state index contributed by atoms with van der Waals surface area (Å²) in [5.74, 6) is 0.980. The van der Waals surface area contributed by atoms with Crippen LogP contribution in [0, 0.1) is 22.7 Å². The minimum absolute atomic E-state index is 0.00938. The maximum Gasteiger partial charge on any atom is 0.257 e. The zero-order valence-corrected chi connectivity index (χ0v) is 18.1. The number of aryl methyl sites for hydroxylation is 1. The molecule has 2 aromatic rings. The third kappa shape index (κ3) is 3.46. The van der Waals surface area contributed by atoms with Crippen LogP contribution in [-0.2, 0) is 12.8 Å². The molecule has 3 aliphatic rings. The van der Waals surface area contributed by atoms with Crippen LogP contribution in [0.4, 0.5) is 0 Å². The van der Waals surface area contributed by atoms with Crippen LogP contribution in [0.3, 0.4) is 0 Å². The second-order valence-electron chi connectivity index (χ2n) is 9.70. The van der Waals surface area contributed by atoms with Gasteiger partial charge in [-0.15, -0.1) is 0 Å². The molecule has 1 saturated carbocycles. The van der Waals surface area contributed by atoms with E-state index < -0.39 is 0 Å². The molecule has 0 unspecified atom stereocenters. The number of nitrogens with zero attached hydrogens (tertiary/aromatic N) is 5. The van der Waals surface area contributed by atoms with Crippen LogP contribution in [-0.4, -0.2) is 43.6 Å². The summed E-state index contributed by atoms with van der Waals surface area (Å²) in [6, 6.07) is 2.41. The number of hydrogen-bond donors (Lipinski definition) is 1. The number of H-pyrrole nitrogens is 1. The van der Waals surface area contributed by atoms with E-state index in [-0.39, 0.29) is 22.8 Å². The zero-order chi connectivity index (χ0) is 21.8. The van der Waals surface area contributed by atoms with Gasteiger partial charge in [0.05, 0.1) is 34.6 Å². The number of rotatable bonds is 4. The van der Waals surface area contributed by atoms with Crippen molar-refractivity contribution < 1.29 is 4.79 Å². The summed E-state index contributed by atoms with van der Waals surface area (Å²) in [4.78, 5) is 35.3. The van der Waals surface area contributed by atoms with Crippen molar-refractivity contribution in [2.24, 2.45) is 11.3 Å². The number of fused-ring (bicyclic) bond motifs is 1. The van der Waals surface area contributed by atoms with Crippen molar-refractivity contribution in [1.29, 1.82) is 5.26 Å². The van der Waals surface area contributed by atoms with Gasteiger partial charge in [0.15, 0.2) is 0 Å². The summed E-state index contributed by atoms with van der Waals surface area (Å²) >= 11 is 0. The third-order valence-electron chi connectivity index (χ3n) is 7.22. The lowest BCUT2D eigenvalue weighted by atomic mass is 9.75. The Bertz CT molecular complexity index is 1130. The van der Waals surface area contributed by atoms with E-state index in [1.807, 2.05) is 18.7 Å². The molecule has 2 aromatic heterocycles. The second-order valence-corrected chi connectivity index (χ2v) is 9.70. The first-order valence-corrected chi connectivity index (χ1v) is 11.3. The molecule has 0 atom stereocenters. The van der Waals surface area contributed by atoms with Gasteiger partial charge in [0.25, 0.3) is 11.5 Å². The molecule has 1 aliphatic heterocycles. The molecule has 1 saturated heterocycles. The van der Waals surface area contributed by atoms with Crippen molar-refractivity contribution in [3.63, 3.8) is 0 Å². The Hall–Kier alpha value is -2.95. The molecule has 2 fully saturated rings. The molecule has 0 aromatic carbocycles. The highest BCUT2D eigenvalue weighted by atomic mass is 16.2. The van der Waals surface area contributed by atoms with Crippen LogP contribution in [0.2, 0.25) is 0 Å². The van der Waals surface area contributed by atoms with Gasteiger partial charge in [-0.2, -0.15) is 10.4 Å². The number of carbonyl (C=O) groups excluding carboxylic acids is 1. The Balaban J connectivity index is 1.42. The van der Waals surface area contributed by atoms with Gasteiger partial charge in [-0.05, 0) is 64.7 Å². The Morgan fingerprint density at radius 1 is 1.23 bits per heavy atom. The molecule has 162 valence electrons. The summed E-state index contributed by atoms with van der Waals surface area (Å²) in [7, 11) is 0. The highest BCUT2D eigenvalue weighted by Crippen LogP contribution is 2.43. The Kier molecular flexibility index (Phi) is 4.72. The molecular formula is C23H28N6O2. The maximum absolute atomic E-state index is 13.4. The molecule has 0 bridgehead atoms. The Morgan fingerprint density at radius 3 is 2.65 bits per heavy atom. The first kappa shape index (κ1) is 20.0. The van der Waals surface area contributed by atoms with Crippen molar-refractivity contribution in [3.8, 4) is 12.0 Å². The molecule has 3 heterocycles. The molecule has 8 nitrogen and oxygen atoms in total. The van der Waals surface area contributed by atoms with Crippen molar-refractivity contribution >= 4 is 5.91 Å². The average molecular weight is 421 g/mol. The number of aromatic nitrogens is 4. The minimum atomic E-state index is -0.371. The van der Waals surface area contributed by atoms with E-state index in [0.717, 1.165) is 61.9 Å². The fraction of sp³-hybridized carbons (Fsp3) is 0.609. The van der Waals surface area contributed by atoms with Gasteiger partial charge in [-0.25, -0.2) is 9.67 Å². The van der Waals surface area contributed by atoms with Crippen LogP contribution >= 0.6 is 0 Å². The van der Waals surface area contributed by atoms with Crippen LogP contribution in [0.15, 0.2) is 11.0 Å². The number of carbonyl (C=O) groups is 1. The van der Waals surface area contributed by atoms with Crippen molar-refractivity contribution in [1.82, 2.24) is 24.6 Å². The molecule has 5 rings (SSSR count). The molecule has 1 N–H and O–H groups in total. The number of piperidine rings is 1. The van der Waals surface area contributed by atoms with Crippen LogP contribution in [0.5, 0.6) is 0 Å². The fourth-order valence-corrected chi connectivity index (χ4v) is 5.04. The predicted molar refractivity (Wildman–Crippen MR) is 114 cm³/mol. The average Bonchev–Trinajstić information content (AvgIpc) is 3.32. The number of likely N-dealkylation sites (tertiary alicyclic amines) is 1. The number of aromatic amines is 1. The van der Waals surface area contributed by atoms with E-state index in [9.17, 15) is 14.9 Å². The van der Waals surface area contributed by atoms with Gasteiger partial charge < -0.3 is 4.90 Å². The van der Waals surface area contributed by atoms with E-state index in [2.05, 4.69) is 21.1 Å². The number of hydrogen-bond acceptors (Lipinski definition) is 5. The van der Waals surface area contributed by atoms with Gasteiger partial charge in [0, 0.05) is 24.6 Å². The summed E-state index contributed by atoms with van der Waals surface area (Å²) in [5, 5.41) is 13.9. The minimum Gasteiger partial charge on any atom is -0.339 e. The third-order valence-corrected chi connectivity index (χ3v) is 7.22. The van der Waals surface area contributed by atoms with E-state index in [1.54, 1.807) is 10.9 Å².